The molecule has 0 spiro atoms. The minimum atomic E-state index is 0.0370. The number of rotatable bonds is 4. The van der Waals surface area contributed by atoms with Crippen molar-refractivity contribution in [2.24, 2.45) is 5.92 Å². The fourth-order valence-corrected chi connectivity index (χ4v) is 5.47. The summed E-state index contributed by atoms with van der Waals surface area (Å²) < 4.78 is 2.06. The zero-order valence-electron chi connectivity index (χ0n) is 20.2. The summed E-state index contributed by atoms with van der Waals surface area (Å²) in [6.45, 7) is 3.16. The maximum absolute atomic E-state index is 12.0. The van der Waals surface area contributed by atoms with E-state index in [1.54, 1.807) is 13.1 Å². The molecule has 2 aromatic carbocycles. The van der Waals surface area contributed by atoms with Crippen molar-refractivity contribution in [2.45, 2.75) is 25.7 Å². The summed E-state index contributed by atoms with van der Waals surface area (Å²) in [5.74, 6) is 1.91. The van der Waals surface area contributed by atoms with Crippen LogP contribution in [-0.4, -0.2) is 43.2 Å². The Hall–Kier alpha value is -4.26. The van der Waals surface area contributed by atoms with Crippen molar-refractivity contribution in [2.75, 3.05) is 18.8 Å². The van der Waals surface area contributed by atoms with Crippen LogP contribution in [0.3, 0.4) is 0 Å². The normalized spacial score (nSPS) is 15.4. The third-order valence-electron chi connectivity index (χ3n) is 7.40. The molecule has 180 valence electrons. The van der Waals surface area contributed by atoms with Gasteiger partial charge in [-0.3, -0.25) is 9.20 Å². The zero-order chi connectivity index (χ0) is 24.6. The van der Waals surface area contributed by atoms with E-state index in [1.165, 1.54) is 5.56 Å². The second-order valence-electron chi connectivity index (χ2n) is 9.52. The Bertz CT molecular complexity index is 1550. The van der Waals surface area contributed by atoms with Crippen LogP contribution < -0.4 is 5.73 Å². The molecule has 7 nitrogen and oxygen atoms in total. The standard InChI is InChI=1S/C29H28N6O/c1-19(36)34-14-11-22(12-15-34)27(29-32-18-26-28(30)31-13-16-35(26)29)23-8-7-21-9-10-24(33-25(21)17-23)20-5-3-2-4-6-20/h2-10,13,16-18,22,27H,11-12,14-15H2,1H3,(H2,30,31). The van der Waals surface area contributed by atoms with E-state index in [2.05, 4.69) is 51.8 Å². The third kappa shape index (κ3) is 3.96. The minimum Gasteiger partial charge on any atom is -0.382 e. The SMILES string of the molecule is CC(=O)N1CCC(C(c2ccc3ccc(-c4ccccc4)nc3c2)c2ncc3c(N)nccn23)CC1. The predicted molar refractivity (Wildman–Crippen MR) is 141 cm³/mol. The van der Waals surface area contributed by atoms with Crippen molar-refractivity contribution in [3.63, 3.8) is 0 Å². The number of nitrogens with zero attached hydrogens (tertiary/aromatic N) is 5. The molecule has 1 atom stereocenters. The van der Waals surface area contributed by atoms with Gasteiger partial charge in [0.2, 0.25) is 5.91 Å². The molecule has 0 radical (unpaired) electrons. The van der Waals surface area contributed by atoms with E-state index in [-0.39, 0.29) is 11.8 Å². The summed E-state index contributed by atoms with van der Waals surface area (Å²) in [5.41, 5.74) is 11.2. The minimum absolute atomic E-state index is 0.0370. The van der Waals surface area contributed by atoms with Gasteiger partial charge in [0.1, 0.15) is 17.2 Å². The van der Waals surface area contributed by atoms with Gasteiger partial charge in [-0.15, -0.1) is 0 Å². The first-order chi connectivity index (χ1) is 17.6. The van der Waals surface area contributed by atoms with Gasteiger partial charge in [-0.05, 0) is 36.5 Å². The van der Waals surface area contributed by atoms with Crippen LogP contribution in [0.2, 0.25) is 0 Å². The van der Waals surface area contributed by atoms with E-state index in [4.69, 9.17) is 15.7 Å². The summed E-state index contributed by atoms with van der Waals surface area (Å²) in [6.07, 6.45) is 7.28. The lowest BCUT2D eigenvalue weighted by molar-refractivity contribution is -0.130. The van der Waals surface area contributed by atoms with Gasteiger partial charge >= 0.3 is 0 Å². The molecule has 1 aliphatic rings. The zero-order valence-corrected chi connectivity index (χ0v) is 20.2. The third-order valence-corrected chi connectivity index (χ3v) is 7.40. The number of amides is 1. The molecule has 0 aliphatic carbocycles. The Morgan fingerprint density at radius 2 is 1.81 bits per heavy atom. The van der Waals surface area contributed by atoms with Gasteiger partial charge in [-0.25, -0.2) is 15.0 Å². The molecular weight excluding hydrogens is 448 g/mol. The molecule has 2 N–H and O–H groups in total. The molecule has 3 aromatic heterocycles. The van der Waals surface area contributed by atoms with E-state index in [0.717, 1.165) is 59.4 Å². The lowest BCUT2D eigenvalue weighted by atomic mass is 9.79. The molecule has 1 aliphatic heterocycles. The number of likely N-dealkylation sites (tertiary alicyclic amines) is 1. The number of imidazole rings is 1. The summed E-state index contributed by atoms with van der Waals surface area (Å²) >= 11 is 0. The van der Waals surface area contributed by atoms with Crippen LogP contribution in [0.25, 0.3) is 27.7 Å². The number of aromatic nitrogens is 4. The Morgan fingerprint density at radius 3 is 2.58 bits per heavy atom. The van der Waals surface area contributed by atoms with Crippen LogP contribution in [0, 0.1) is 5.92 Å². The van der Waals surface area contributed by atoms with Crippen LogP contribution in [-0.2, 0) is 4.79 Å². The van der Waals surface area contributed by atoms with E-state index >= 15 is 0 Å². The Kier molecular flexibility index (Phi) is 5.60. The van der Waals surface area contributed by atoms with E-state index in [9.17, 15) is 4.79 Å². The highest BCUT2D eigenvalue weighted by atomic mass is 16.2. The quantitative estimate of drug-likeness (QED) is 0.398. The summed E-state index contributed by atoms with van der Waals surface area (Å²) in [4.78, 5) is 28.0. The maximum atomic E-state index is 12.0. The number of piperidine rings is 1. The number of pyridine rings is 1. The first kappa shape index (κ1) is 22.2. The van der Waals surface area contributed by atoms with Crippen molar-refractivity contribution in [3.05, 3.63) is 90.6 Å². The first-order valence-corrected chi connectivity index (χ1v) is 12.4. The number of hydrogen-bond donors (Lipinski definition) is 1. The molecule has 6 rings (SSSR count). The molecule has 1 fully saturated rings. The van der Waals surface area contributed by atoms with E-state index in [1.807, 2.05) is 35.5 Å². The molecule has 1 amide bonds. The van der Waals surface area contributed by atoms with E-state index < -0.39 is 0 Å². The summed E-state index contributed by atoms with van der Waals surface area (Å²) in [7, 11) is 0. The smallest absolute Gasteiger partial charge is 0.219 e. The second-order valence-corrected chi connectivity index (χ2v) is 9.52. The fourth-order valence-electron chi connectivity index (χ4n) is 5.47. The number of nitrogen functional groups attached to an aromatic ring is 1. The van der Waals surface area contributed by atoms with Crippen LogP contribution >= 0.6 is 0 Å². The molecule has 0 bridgehead atoms. The van der Waals surface area contributed by atoms with Crippen molar-refractivity contribution >= 4 is 28.1 Å². The Morgan fingerprint density at radius 1 is 1.03 bits per heavy atom. The highest BCUT2D eigenvalue weighted by Crippen LogP contribution is 2.39. The number of hydrogen-bond acceptors (Lipinski definition) is 5. The largest absolute Gasteiger partial charge is 0.382 e. The summed E-state index contributed by atoms with van der Waals surface area (Å²) in [6, 6.07) is 21.0. The average Bonchev–Trinajstić information content (AvgIpc) is 3.34. The highest BCUT2D eigenvalue weighted by Gasteiger charge is 2.32. The Labute approximate surface area is 209 Å². The number of benzene rings is 2. The van der Waals surface area contributed by atoms with Crippen LogP contribution in [0.1, 0.15) is 37.1 Å². The Balaban J connectivity index is 1.46. The number of carbonyl (C=O) groups is 1. The van der Waals surface area contributed by atoms with Crippen LogP contribution in [0.4, 0.5) is 5.82 Å². The molecule has 36 heavy (non-hydrogen) atoms. The predicted octanol–water partition coefficient (Wildman–Crippen LogP) is 4.92. The number of fused-ring (bicyclic) bond motifs is 2. The molecular formula is C29H28N6O. The number of nitrogens with two attached hydrogens (primary N) is 1. The lowest BCUT2D eigenvalue weighted by Gasteiger charge is -2.35. The van der Waals surface area contributed by atoms with Crippen molar-refractivity contribution in [1.29, 1.82) is 0 Å². The van der Waals surface area contributed by atoms with Gasteiger partial charge in [0.25, 0.3) is 0 Å². The molecule has 5 aromatic rings. The molecule has 4 heterocycles. The second kappa shape index (κ2) is 9.07. The van der Waals surface area contributed by atoms with Gasteiger partial charge in [0.15, 0.2) is 0 Å². The molecule has 1 unspecified atom stereocenters. The van der Waals surface area contributed by atoms with Gasteiger partial charge in [-0.1, -0.05) is 48.5 Å². The molecule has 1 saturated heterocycles. The highest BCUT2D eigenvalue weighted by molar-refractivity contribution is 5.82. The number of anilines is 1. The maximum Gasteiger partial charge on any atom is 0.219 e. The van der Waals surface area contributed by atoms with Crippen LogP contribution in [0.15, 0.2) is 79.3 Å². The van der Waals surface area contributed by atoms with Crippen molar-refractivity contribution < 1.29 is 4.79 Å². The van der Waals surface area contributed by atoms with Gasteiger partial charge in [0, 0.05) is 49.3 Å². The van der Waals surface area contributed by atoms with Crippen LogP contribution in [0.5, 0.6) is 0 Å². The average molecular weight is 477 g/mol. The number of carbonyl (C=O) groups excluding carboxylic acids is 1. The van der Waals surface area contributed by atoms with Crippen molar-refractivity contribution in [3.8, 4) is 11.3 Å². The fraction of sp³-hybridized carbons (Fsp3) is 0.241. The van der Waals surface area contributed by atoms with E-state index in [0.29, 0.717) is 11.7 Å². The summed E-state index contributed by atoms with van der Waals surface area (Å²) in [5, 5.41) is 1.10. The first-order valence-electron chi connectivity index (χ1n) is 12.4. The molecule has 7 heteroatoms. The van der Waals surface area contributed by atoms with Gasteiger partial charge < -0.3 is 10.6 Å². The van der Waals surface area contributed by atoms with Crippen molar-refractivity contribution in [1.82, 2.24) is 24.3 Å². The monoisotopic (exact) mass is 476 g/mol. The topological polar surface area (TPSA) is 89.4 Å². The lowest BCUT2D eigenvalue weighted by Crippen LogP contribution is -2.38. The molecule has 0 saturated carbocycles. The van der Waals surface area contributed by atoms with Gasteiger partial charge in [-0.2, -0.15) is 0 Å². The van der Waals surface area contributed by atoms with Gasteiger partial charge in [0.05, 0.1) is 17.4 Å².